The Morgan fingerprint density at radius 1 is 0.815 bits per heavy atom. The summed E-state index contributed by atoms with van der Waals surface area (Å²) in [5.41, 5.74) is 2.11. The van der Waals surface area contributed by atoms with Crippen molar-refractivity contribution in [3.63, 3.8) is 0 Å². The van der Waals surface area contributed by atoms with Crippen LogP contribution in [0.25, 0.3) is 32.6 Å². The molecule has 2 N–H and O–H groups in total. The molecular weight excluding hydrogens is 338 g/mol. The van der Waals surface area contributed by atoms with E-state index in [0.717, 1.165) is 32.6 Å². The Labute approximate surface area is 154 Å². The third kappa shape index (κ3) is 2.50. The van der Waals surface area contributed by atoms with Gasteiger partial charge in [0, 0.05) is 21.7 Å². The predicted molar refractivity (Wildman–Crippen MR) is 106 cm³/mol. The first-order valence-corrected chi connectivity index (χ1v) is 8.64. The van der Waals surface area contributed by atoms with Gasteiger partial charge >= 0.3 is 5.97 Å². The number of carbonyl (C=O) groups is 1. The third-order valence-corrected chi connectivity index (χ3v) is 4.79. The molecule has 4 nitrogen and oxygen atoms in total. The minimum absolute atomic E-state index is 0.102. The maximum absolute atomic E-state index is 12.5. The number of aromatic hydroxyl groups is 1. The Kier molecular flexibility index (Phi) is 3.37. The van der Waals surface area contributed by atoms with Crippen molar-refractivity contribution in [3.05, 3.63) is 84.4 Å². The van der Waals surface area contributed by atoms with Crippen LogP contribution in [0.1, 0.15) is 10.4 Å². The number of benzene rings is 4. The molecule has 1 aromatic heterocycles. The van der Waals surface area contributed by atoms with Crippen molar-refractivity contribution in [2.24, 2.45) is 0 Å². The number of carbonyl (C=O) groups excluding carboxylic acids is 1. The molecule has 5 aromatic rings. The Morgan fingerprint density at radius 3 is 2.44 bits per heavy atom. The fourth-order valence-corrected chi connectivity index (χ4v) is 3.50. The van der Waals surface area contributed by atoms with Gasteiger partial charge in [0.2, 0.25) is 0 Å². The monoisotopic (exact) mass is 353 g/mol. The number of ether oxygens (including phenoxy) is 1. The third-order valence-electron chi connectivity index (χ3n) is 4.79. The minimum atomic E-state index is -0.586. The van der Waals surface area contributed by atoms with Crippen LogP contribution in [0.15, 0.2) is 78.9 Å². The van der Waals surface area contributed by atoms with E-state index in [4.69, 9.17) is 4.74 Å². The molecule has 0 bridgehead atoms. The van der Waals surface area contributed by atoms with E-state index in [0.29, 0.717) is 5.75 Å². The van der Waals surface area contributed by atoms with E-state index in [-0.39, 0.29) is 11.3 Å². The molecule has 0 saturated carbocycles. The Hall–Kier alpha value is -3.79. The molecule has 130 valence electrons. The van der Waals surface area contributed by atoms with E-state index in [9.17, 15) is 9.90 Å². The number of para-hydroxylation sites is 2. The van der Waals surface area contributed by atoms with Crippen LogP contribution in [0.5, 0.6) is 11.5 Å². The summed E-state index contributed by atoms with van der Waals surface area (Å²) in [5.74, 6) is -0.250. The number of H-pyrrole nitrogens is 1. The topological polar surface area (TPSA) is 62.3 Å². The van der Waals surface area contributed by atoms with Gasteiger partial charge in [-0.25, -0.2) is 4.79 Å². The van der Waals surface area contributed by atoms with Gasteiger partial charge in [-0.05, 0) is 35.7 Å². The summed E-state index contributed by atoms with van der Waals surface area (Å²) in [7, 11) is 0. The number of aromatic nitrogens is 1. The molecule has 0 aliphatic heterocycles. The largest absolute Gasteiger partial charge is 0.507 e. The van der Waals surface area contributed by atoms with Crippen LogP contribution in [0.4, 0.5) is 0 Å². The van der Waals surface area contributed by atoms with E-state index >= 15 is 0 Å². The maximum atomic E-state index is 12.5. The zero-order chi connectivity index (χ0) is 18.4. The highest BCUT2D eigenvalue weighted by molar-refractivity contribution is 6.18. The lowest BCUT2D eigenvalue weighted by molar-refractivity contribution is 0.0732. The predicted octanol–water partition coefficient (Wildman–Crippen LogP) is 5.40. The van der Waals surface area contributed by atoms with Crippen molar-refractivity contribution in [1.29, 1.82) is 0 Å². The summed E-state index contributed by atoms with van der Waals surface area (Å²) >= 11 is 0. The highest BCUT2D eigenvalue weighted by atomic mass is 16.5. The molecule has 0 saturated heterocycles. The number of phenolic OH excluding ortho intramolecular Hbond substituents is 1. The second-order valence-corrected chi connectivity index (χ2v) is 6.45. The number of esters is 1. The SMILES string of the molecule is O=C(Oc1ccccc1)c1cc2ccc3c4ccccc4[nH]c3c2cc1O. The van der Waals surface area contributed by atoms with Gasteiger partial charge in [0.15, 0.2) is 0 Å². The lowest BCUT2D eigenvalue weighted by atomic mass is 10.0. The van der Waals surface area contributed by atoms with E-state index in [1.54, 1.807) is 36.4 Å². The molecule has 0 spiro atoms. The average Bonchev–Trinajstić information content (AvgIpc) is 3.07. The first-order valence-electron chi connectivity index (χ1n) is 8.64. The van der Waals surface area contributed by atoms with Crippen molar-refractivity contribution >= 4 is 38.5 Å². The summed E-state index contributed by atoms with van der Waals surface area (Å²) < 4.78 is 5.36. The van der Waals surface area contributed by atoms with Crippen molar-refractivity contribution in [1.82, 2.24) is 4.98 Å². The number of rotatable bonds is 2. The number of hydrogen-bond acceptors (Lipinski definition) is 3. The van der Waals surface area contributed by atoms with Crippen LogP contribution in [0.2, 0.25) is 0 Å². The second kappa shape index (κ2) is 5.88. The summed E-state index contributed by atoms with van der Waals surface area (Å²) in [4.78, 5) is 15.9. The van der Waals surface area contributed by atoms with Gasteiger partial charge < -0.3 is 14.8 Å². The van der Waals surface area contributed by atoms with Gasteiger partial charge in [0.25, 0.3) is 0 Å². The van der Waals surface area contributed by atoms with Crippen LogP contribution >= 0.6 is 0 Å². The number of nitrogens with one attached hydrogen (secondary N) is 1. The fraction of sp³-hybridized carbons (Fsp3) is 0. The minimum Gasteiger partial charge on any atom is -0.507 e. The lowest BCUT2D eigenvalue weighted by Gasteiger charge is -2.08. The van der Waals surface area contributed by atoms with Crippen molar-refractivity contribution in [2.45, 2.75) is 0 Å². The standard InChI is InChI=1S/C23H15NO3/c25-21-13-18-14(12-19(21)23(26)27-15-6-2-1-3-7-15)10-11-17-16-8-4-5-9-20(16)24-22(17)18/h1-13,24-25H. The molecule has 0 amide bonds. The van der Waals surface area contributed by atoms with E-state index < -0.39 is 5.97 Å². The molecule has 5 rings (SSSR count). The van der Waals surface area contributed by atoms with Gasteiger partial charge in [-0.2, -0.15) is 0 Å². The highest BCUT2D eigenvalue weighted by Gasteiger charge is 2.17. The van der Waals surface area contributed by atoms with E-state index in [2.05, 4.69) is 11.1 Å². The van der Waals surface area contributed by atoms with Crippen LogP contribution < -0.4 is 4.74 Å². The van der Waals surface area contributed by atoms with Gasteiger partial charge in [0.1, 0.15) is 17.1 Å². The molecule has 1 heterocycles. The molecule has 0 fully saturated rings. The number of aromatic amines is 1. The number of phenols is 1. The molecule has 0 aliphatic carbocycles. The molecule has 4 heteroatoms. The Balaban J connectivity index is 1.65. The van der Waals surface area contributed by atoms with Crippen molar-refractivity contribution in [3.8, 4) is 11.5 Å². The van der Waals surface area contributed by atoms with E-state index in [1.807, 2.05) is 36.4 Å². The molecule has 27 heavy (non-hydrogen) atoms. The summed E-state index contributed by atoms with van der Waals surface area (Å²) in [5, 5.41) is 14.4. The van der Waals surface area contributed by atoms with Crippen LogP contribution in [-0.4, -0.2) is 16.1 Å². The summed E-state index contributed by atoms with van der Waals surface area (Å²) in [6.07, 6.45) is 0. The molecule has 0 unspecified atom stereocenters. The summed E-state index contributed by atoms with van der Waals surface area (Å²) in [6.45, 7) is 0. The van der Waals surface area contributed by atoms with E-state index in [1.165, 1.54) is 0 Å². The van der Waals surface area contributed by atoms with Gasteiger partial charge in [0.05, 0.1) is 5.52 Å². The molecule has 0 aliphatic rings. The van der Waals surface area contributed by atoms with Crippen molar-refractivity contribution < 1.29 is 14.6 Å². The van der Waals surface area contributed by atoms with Gasteiger partial charge in [-0.3, -0.25) is 0 Å². The Morgan fingerprint density at radius 2 is 1.59 bits per heavy atom. The first-order chi connectivity index (χ1) is 13.2. The van der Waals surface area contributed by atoms with Crippen LogP contribution in [-0.2, 0) is 0 Å². The normalized spacial score (nSPS) is 11.3. The van der Waals surface area contributed by atoms with Gasteiger partial charge in [-0.1, -0.05) is 48.5 Å². The van der Waals surface area contributed by atoms with Crippen LogP contribution in [0.3, 0.4) is 0 Å². The molecule has 0 atom stereocenters. The smallest absolute Gasteiger partial charge is 0.347 e. The lowest BCUT2D eigenvalue weighted by Crippen LogP contribution is -2.08. The molecular formula is C23H15NO3. The molecule has 0 radical (unpaired) electrons. The Bertz CT molecular complexity index is 1320. The van der Waals surface area contributed by atoms with Crippen molar-refractivity contribution in [2.75, 3.05) is 0 Å². The van der Waals surface area contributed by atoms with Gasteiger partial charge in [-0.15, -0.1) is 0 Å². The quantitative estimate of drug-likeness (QED) is 0.330. The fourth-order valence-electron chi connectivity index (χ4n) is 3.50. The maximum Gasteiger partial charge on any atom is 0.347 e. The average molecular weight is 353 g/mol. The molecule has 4 aromatic carbocycles. The first kappa shape index (κ1) is 15.5. The number of fused-ring (bicyclic) bond motifs is 5. The number of hydrogen-bond donors (Lipinski definition) is 2. The summed E-state index contributed by atoms with van der Waals surface area (Å²) in [6, 6.07) is 24.1. The van der Waals surface area contributed by atoms with Crippen LogP contribution in [0, 0.1) is 0 Å². The zero-order valence-electron chi connectivity index (χ0n) is 14.3. The highest BCUT2D eigenvalue weighted by Crippen LogP contribution is 2.34. The zero-order valence-corrected chi connectivity index (χ0v) is 14.3. The second-order valence-electron chi connectivity index (χ2n) is 6.45.